The minimum absolute atomic E-state index is 0.0398. The number of hydrogen-bond acceptors (Lipinski definition) is 5. The molecule has 1 N–H and O–H groups in total. The van der Waals surface area contributed by atoms with Crippen LogP contribution in [0.4, 0.5) is 5.69 Å². The molecule has 0 radical (unpaired) electrons. The summed E-state index contributed by atoms with van der Waals surface area (Å²) >= 11 is 1.43. The molecule has 0 aliphatic heterocycles. The van der Waals surface area contributed by atoms with Crippen LogP contribution in [0.25, 0.3) is 11.4 Å². The lowest BCUT2D eigenvalue weighted by molar-refractivity contribution is -0.113. The van der Waals surface area contributed by atoms with Crippen molar-refractivity contribution in [2.75, 3.05) is 11.1 Å². The number of anilines is 1. The van der Waals surface area contributed by atoms with Gasteiger partial charge < -0.3 is 5.32 Å². The summed E-state index contributed by atoms with van der Waals surface area (Å²) in [5.41, 5.74) is 3.99. The average Bonchev–Trinajstić information content (AvgIpc) is 3.43. The number of carbonyl (C=O) groups is 1. The van der Waals surface area contributed by atoms with Crippen LogP contribution in [0.1, 0.15) is 30.0 Å². The zero-order chi connectivity index (χ0) is 18.8. The van der Waals surface area contributed by atoms with Gasteiger partial charge in [-0.15, -0.1) is 10.2 Å². The third kappa shape index (κ3) is 4.03. The third-order valence-electron chi connectivity index (χ3n) is 4.50. The molecule has 138 valence electrons. The third-order valence-corrected chi connectivity index (χ3v) is 5.44. The van der Waals surface area contributed by atoms with Crippen molar-refractivity contribution in [3.8, 4) is 11.4 Å². The smallest absolute Gasteiger partial charge is 0.234 e. The Hall–Kier alpha value is -2.67. The summed E-state index contributed by atoms with van der Waals surface area (Å²) in [6.07, 6.45) is 5.78. The van der Waals surface area contributed by atoms with Crippen LogP contribution < -0.4 is 5.32 Å². The summed E-state index contributed by atoms with van der Waals surface area (Å²) in [4.78, 5) is 16.6. The van der Waals surface area contributed by atoms with Gasteiger partial charge in [0, 0.05) is 29.7 Å². The van der Waals surface area contributed by atoms with E-state index in [0.717, 1.165) is 46.2 Å². The molecule has 4 rings (SSSR count). The lowest BCUT2D eigenvalue weighted by Gasteiger charge is -2.10. The first kappa shape index (κ1) is 17.7. The number of nitrogens with one attached hydrogen (secondary N) is 1. The van der Waals surface area contributed by atoms with Crippen LogP contribution >= 0.6 is 11.8 Å². The predicted octanol–water partition coefficient (Wildman–Crippen LogP) is 4.02. The number of aromatic nitrogens is 4. The van der Waals surface area contributed by atoms with E-state index in [1.165, 1.54) is 11.8 Å². The van der Waals surface area contributed by atoms with Crippen molar-refractivity contribution in [2.24, 2.45) is 0 Å². The summed E-state index contributed by atoms with van der Waals surface area (Å²) in [5.74, 6) is 1.08. The minimum atomic E-state index is -0.0398. The van der Waals surface area contributed by atoms with Gasteiger partial charge in [-0.2, -0.15) is 0 Å². The molecule has 1 fully saturated rings. The van der Waals surface area contributed by atoms with Gasteiger partial charge in [-0.1, -0.05) is 23.9 Å². The standard InChI is InChI=1S/C20H21N5OS/c1-13-5-6-14(2)17(10-13)22-18(26)12-27-20-24-23-19(25(20)16-7-8-16)15-4-3-9-21-11-15/h3-6,9-11,16H,7-8,12H2,1-2H3,(H,22,26). The van der Waals surface area contributed by atoms with Gasteiger partial charge in [0.05, 0.1) is 5.75 Å². The molecule has 0 unspecified atom stereocenters. The van der Waals surface area contributed by atoms with Crippen LogP contribution in [0.5, 0.6) is 0 Å². The maximum absolute atomic E-state index is 12.4. The molecule has 1 saturated carbocycles. The first-order valence-electron chi connectivity index (χ1n) is 8.97. The second kappa shape index (κ2) is 7.52. The Kier molecular flexibility index (Phi) is 4.94. The fourth-order valence-corrected chi connectivity index (χ4v) is 3.72. The highest BCUT2D eigenvalue weighted by Crippen LogP contribution is 2.40. The molecule has 0 saturated heterocycles. The number of carbonyl (C=O) groups excluding carboxylic acids is 1. The summed E-state index contributed by atoms with van der Waals surface area (Å²) in [7, 11) is 0. The van der Waals surface area contributed by atoms with Crippen molar-refractivity contribution in [3.05, 3.63) is 53.9 Å². The Labute approximate surface area is 162 Å². The van der Waals surface area contributed by atoms with Gasteiger partial charge in [0.2, 0.25) is 5.91 Å². The first-order valence-corrected chi connectivity index (χ1v) is 9.95. The first-order chi connectivity index (χ1) is 13.1. The number of nitrogens with zero attached hydrogens (tertiary/aromatic N) is 4. The zero-order valence-electron chi connectivity index (χ0n) is 15.3. The molecule has 0 bridgehead atoms. The van der Waals surface area contributed by atoms with Gasteiger partial charge >= 0.3 is 0 Å². The molecule has 2 heterocycles. The number of pyridine rings is 1. The Morgan fingerprint density at radius 3 is 2.85 bits per heavy atom. The van der Waals surface area contributed by atoms with Crippen molar-refractivity contribution < 1.29 is 4.79 Å². The number of amides is 1. The fourth-order valence-electron chi connectivity index (χ4n) is 2.92. The Balaban J connectivity index is 1.48. The van der Waals surface area contributed by atoms with Crippen molar-refractivity contribution >= 4 is 23.4 Å². The summed E-state index contributed by atoms with van der Waals surface area (Å²) in [6, 6.07) is 10.3. The van der Waals surface area contributed by atoms with E-state index < -0.39 is 0 Å². The molecule has 0 spiro atoms. The van der Waals surface area contributed by atoms with Crippen molar-refractivity contribution in [2.45, 2.75) is 37.9 Å². The van der Waals surface area contributed by atoms with Crippen molar-refractivity contribution in [1.82, 2.24) is 19.7 Å². The predicted molar refractivity (Wildman–Crippen MR) is 107 cm³/mol. The molecule has 1 aliphatic carbocycles. The molecule has 3 aromatic rings. The topological polar surface area (TPSA) is 72.7 Å². The highest BCUT2D eigenvalue weighted by Gasteiger charge is 2.30. The molecule has 6 nitrogen and oxygen atoms in total. The van der Waals surface area contributed by atoms with Crippen molar-refractivity contribution in [3.63, 3.8) is 0 Å². The SMILES string of the molecule is Cc1ccc(C)c(NC(=O)CSc2nnc(-c3cccnc3)n2C2CC2)c1. The molecule has 2 aromatic heterocycles. The molecular formula is C20H21N5OS. The van der Waals surface area contributed by atoms with Gasteiger partial charge in [0.1, 0.15) is 0 Å². The molecule has 0 atom stereocenters. The van der Waals surface area contributed by atoms with E-state index in [0.29, 0.717) is 11.8 Å². The van der Waals surface area contributed by atoms with Crippen LogP contribution in [-0.4, -0.2) is 31.4 Å². The number of thioether (sulfide) groups is 1. The molecule has 1 amide bonds. The van der Waals surface area contributed by atoms with E-state index in [9.17, 15) is 4.79 Å². The van der Waals surface area contributed by atoms with Crippen LogP contribution in [0.2, 0.25) is 0 Å². The largest absolute Gasteiger partial charge is 0.325 e. The van der Waals surface area contributed by atoms with E-state index in [4.69, 9.17) is 0 Å². The van der Waals surface area contributed by atoms with E-state index in [2.05, 4.69) is 25.1 Å². The van der Waals surface area contributed by atoms with Crippen LogP contribution in [-0.2, 0) is 4.79 Å². The van der Waals surface area contributed by atoms with E-state index in [-0.39, 0.29) is 5.91 Å². The molecular weight excluding hydrogens is 358 g/mol. The maximum atomic E-state index is 12.4. The lowest BCUT2D eigenvalue weighted by Crippen LogP contribution is -2.15. The molecule has 27 heavy (non-hydrogen) atoms. The summed E-state index contributed by atoms with van der Waals surface area (Å²) < 4.78 is 2.15. The van der Waals surface area contributed by atoms with Crippen LogP contribution in [0.15, 0.2) is 47.9 Å². The van der Waals surface area contributed by atoms with E-state index in [1.54, 1.807) is 12.4 Å². The number of aryl methyl sites for hydroxylation is 2. The van der Waals surface area contributed by atoms with Gasteiger partial charge in [0.15, 0.2) is 11.0 Å². The molecule has 1 aliphatic rings. The van der Waals surface area contributed by atoms with Gasteiger partial charge in [0.25, 0.3) is 0 Å². The molecule has 7 heteroatoms. The number of benzene rings is 1. The normalized spacial score (nSPS) is 13.6. The summed E-state index contributed by atoms with van der Waals surface area (Å²) in [6.45, 7) is 4.01. The maximum Gasteiger partial charge on any atom is 0.234 e. The van der Waals surface area contributed by atoms with E-state index in [1.807, 2.05) is 44.2 Å². The number of hydrogen-bond donors (Lipinski definition) is 1. The van der Waals surface area contributed by atoms with Gasteiger partial charge in [-0.3, -0.25) is 14.3 Å². The Morgan fingerprint density at radius 1 is 1.26 bits per heavy atom. The quantitative estimate of drug-likeness (QED) is 0.655. The average molecular weight is 379 g/mol. The Bertz CT molecular complexity index is 966. The van der Waals surface area contributed by atoms with Crippen molar-refractivity contribution in [1.29, 1.82) is 0 Å². The second-order valence-electron chi connectivity index (χ2n) is 6.80. The Morgan fingerprint density at radius 2 is 2.11 bits per heavy atom. The number of rotatable bonds is 6. The summed E-state index contributed by atoms with van der Waals surface area (Å²) in [5, 5.41) is 12.5. The minimum Gasteiger partial charge on any atom is -0.325 e. The highest BCUT2D eigenvalue weighted by molar-refractivity contribution is 7.99. The van der Waals surface area contributed by atoms with Crippen LogP contribution in [0, 0.1) is 13.8 Å². The lowest BCUT2D eigenvalue weighted by atomic mass is 10.1. The fraction of sp³-hybridized carbons (Fsp3) is 0.300. The monoisotopic (exact) mass is 379 g/mol. The second-order valence-corrected chi connectivity index (χ2v) is 7.75. The van der Waals surface area contributed by atoms with Gasteiger partial charge in [-0.05, 0) is 56.0 Å². The van der Waals surface area contributed by atoms with Crippen LogP contribution in [0.3, 0.4) is 0 Å². The molecule has 1 aromatic carbocycles. The highest BCUT2D eigenvalue weighted by atomic mass is 32.2. The zero-order valence-corrected chi connectivity index (χ0v) is 16.2. The van der Waals surface area contributed by atoms with Gasteiger partial charge in [-0.25, -0.2) is 0 Å². The van der Waals surface area contributed by atoms with E-state index >= 15 is 0 Å².